The number of aryl methyl sites for hydroxylation is 1. The van der Waals surface area contributed by atoms with Gasteiger partial charge in [-0.05, 0) is 13.0 Å². The number of anilines is 1. The van der Waals surface area contributed by atoms with Crippen LogP contribution in [0.1, 0.15) is 17.0 Å². The number of aliphatic imine (C=N–C) groups is 1. The molecule has 0 bridgehead atoms. The summed E-state index contributed by atoms with van der Waals surface area (Å²) >= 11 is 1.63. The molecule has 0 unspecified atom stereocenters. The number of benzene rings is 1. The summed E-state index contributed by atoms with van der Waals surface area (Å²) in [5.41, 5.74) is 3.07. The maximum Gasteiger partial charge on any atom is 0.191 e. The molecule has 0 spiro atoms. The summed E-state index contributed by atoms with van der Waals surface area (Å²) in [7, 11) is 5.74. The van der Waals surface area contributed by atoms with Crippen molar-refractivity contribution < 1.29 is 4.42 Å². The van der Waals surface area contributed by atoms with E-state index in [0.29, 0.717) is 13.1 Å². The van der Waals surface area contributed by atoms with Gasteiger partial charge in [0.25, 0.3) is 0 Å². The van der Waals surface area contributed by atoms with Crippen LogP contribution < -0.4 is 15.5 Å². The van der Waals surface area contributed by atoms with Gasteiger partial charge in [-0.25, -0.2) is 4.98 Å². The molecule has 0 aliphatic carbocycles. The van der Waals surface area contributed by atoms with Crippen molar-refractivity contribution in [3.63, 3.8) is 0 Å². The lowest BCUT2D eigenvalue weighted by Gasteiger charge is -2.10. The van der Waals surface area contributed by atoms with Crippen LogP contribution in [-0.4, -0.2) is 32.1 Å². The first-order chi connectivity index (χ1) is 12.1. The normalized spacial score (nSPS) is 11.8. The van der Waals surface area contributed by atoms with Crippen molar-refractivity contribution in [3.05, 3.63) is 46.7 Å². The van der Waals surface area contributed by atoms with Gasteiger partial charge in [0.15, 0.2) is 11.1 Å². The summed E-state index contributed by atoms with van der Waals surface area (Å²) in [6.07, 6.45) is 0. The minimum absolute atomic E-state index is 0.584. The fourth-order valence-electron chi connectivity index (χ4n) is 2.54. The fraction of sp³-hybridized carbons (Fsp3) is 0.333. The van der Waals surface area contributed by atoms with Gasteiger partial charge >= 0.3 is 0 Å². The van der Waals surface area contributed by atoms with Gasteiger partial charge in [-0.15, -0.1) is 11.3 Å². The Morgan fingerprint density at radius 1 is 1.24 bits per heavy atom. The second-order valence-electron chi connectivity index (χ2n) is 5.94. The van der Waals surface area contributed by atoms with Gasteiger partial charge < -0.3 is 20.0 Å². The fourth-order valence-corrected chi connectivity index (χ4v) is 3.29. The van der Waals surface area contributed by atoms with Gasteiger partial charge in [-0.3, -0.25) is 4.99 Å². The predicted molar refractivity (Wildman–Crippen MR) is 104 cm³/mol. The van der Waals surface area contributed by atoms with Crippen LogP contribution in [0, 0.1) is 6.92 Å². The number of hydrogen-bond acceptors (Lipinski definition) is 5. The Labute approximate surface area is 151 Å². The number of nitrogens with zero attached hydrogens (tertiary/aromatic N) is 3. The average molecular weight is 357 g/mol. The highest BCUT2D eigenvalue weighted by Gasteiger charge is 2.10. The maximum absolute atomic E-state index is 5.92. The quantitative estimate of drug-likeness (QED) is 0.542. The Morgan fingerprint density at radius 3 is 2.68 bits per heavy atom. The van der Waals surface area contributed by atoms with Crippen molar-refractivity contribution in [1.29, 1.82) is 0 Å². The van der Waals surface area contributed by atoms with Gasteiger partial charge in [0.2, 0.25) is 0 Å². The third-order valence-electron chi connectivity index (χ3n) is 3.94. The molecule has 0 atom stereocenters. The molecular formula is C18H23N5OS. The number of guanidine groups is 1. The van der Waals surface area contributed by atoms with Crippen molar-refractivity contribution in [1.82, 2.24) is 15.6 Å². The SMILES string of the molecule is CN=C(NCc1csc(N(C)C)n1)NCc1oc2ccccc2c1C. The van der Waals surface area contributed by atoms with Crippen molar-refractivity contribution in [2.45, 2.75) is 20.0 Å². The molecule has 3 rings (SSSR count). The molecular weight excluding hydrogens is 334 g/mol. The van der Waals surface area contributed by atoms with E-state index in [1.54, 1.807) is 18.4 Å². The zero-order valence-electron chi connectivity index (χ0n) is 15.0. The highest BCUT2D eigenvalue weighted by Crippen LogP contribution is 2.24. The van der Waals surface area contributed by atoms with Crippen LogP contribution in [0.4, 0.5) is 5.13 Å². The van der Waals surface area contributed by atoms with Crippen LogP contribution in [0.15, 0.2) is 39.1 Å². The molecule has 0 saturated heterocycles. The molecule has 6 nitrogen and oxygen atoms in total. The minimum atomic E-state index is 0.584. The Balaban J connectivity index is 1.59. The lowest BCUT2D eigenvalue weighted by molar-refractivity contribution is 0.534. The number of thiazole rings is 1. The van der Waals surface area contributed by atoms with Gasteiger partial charge in [0.1, 0.15) is 11.3 Å². The van der Waals surface area contributed by atoms with Gasteiger partial charge in [-0.1, -0.05) is 18.2 Å². The topological polar surface area (TPSA) is 65.7 Å². The summed E-state index contributed by atoms with van der Waals surface area (Å²) in [5.74, 6) is 1.65. The first-order valence-corrected chi connectivity index (χ1v) is 8.99. The number of nitrogens with one attached hydrogen (secondary N) is 2. The van der Waals surface area contributed by atoms with E-state index in [1.807, 2.05) is 37.2 Å². The van der Waals surface area contributed by atoms with Crippen molar-refractivity contribution in [2.24, 2.45) is 4.99 Å². The first kappa shape index (κ1) is 17.3. The number of aromatic nitrogens is 1. The van der Waals surface area contributed by atoms with E-state index in [0.717, 1.165) is 39.1 Å². The van der Waals surface area contributed by atoms with E-state index in [-0.39, 0.29) is 0 Å². The van der Waals surface area contributed by atoms with Gasteiger partial charge in [0.05, 0.1) is 18.8 Å². The number of hydrogen-bond donors (Lipinski definition) is 2. The molecule has 0 aliphatic rings. The highest BCUT2D eigenvalue weighted by molar-refractivity contribution is 7.13. The molecule has 3 aromatic rings. The van der Waals surface area contributed by atoms with Crippen molar-refractivity contribution in [3.8, 4) is 0 Å². The monoisotopic (exact) mass is 357 g/mol. The van der Waals surface area contributed by atoms with E-state index in [4.69, 9.17) is 4.42 Å². The molecule has 1 aromatic carbocycles. The van der Waals surface area contributed by atoms with Crippen molar-refractivity contribution >= 4 is 33.4 Å². The second kappa shape index (κ2) is 7.57. The number of fused-ring (bicyclic) bond motifs is 1. The van der Waals surface area contributed by atoms with Crippen LogP contribution in [-0.2, 0) is 13.1 Å². The van der Waals surface area contributed by atoms with E-state index in [2.05, 4.69) is 39.0 Å². The molecule has 0 saturated carbocycles. The summed E-state index contributed by atoms with van der Waals surface area (Å²) in [4.78, 5) is 10.8. The molecule has 7 heteroatoms. The third kappa shape index (κ3) is 3.93. The third-order valence-corrected chi connectivity index (χ3v) is 5.00. The number of para-hydroxylation sites is 1. The van der Waals surface area contributed by atoms with Crippen LogP contribution in [0.5, 0.6) is 0 Å². The first-order valence-electron chi connectivity index (χ1n) is 8.11. The summed E-state index contributed by atoms with van der Waals surface area (Å²) < 4.78 is 5.92. The summed E-state index contributed by atoms with van der Waals surface area (Å²) in [6, 6.07) is 8.08. The van der Waals surface area contributed by atoms with Gasteiger partial charge in [-0.2, -0.15) is 0 Å². The molecule has 0 radical (unpaired) electrons. The molecule has 0 fully saturated rings. The predicted octanol–water partition coefficient (Wildman–Crippen LogP) is 3.13. The maximum atomic E-state index is 5.92. The average Bonchev–Trinajstić information content (AvgIpc) is 3.21. The zero-order chi connectivity index (χ0) is 17.8. The second-order valence-corrected chi connectivity index (χ2v) is 6.78. The van der Waals surface area contributed by atoms with E-state index in [1.165, 1.54) is 0 Å². The molecule has 0 amide bonds. The standard InChI is InChI=1S/C18H23N5OS/c1-12-14-7-5-6-8-15(14)24-16(12)10-21-17(19-2)20-9-13-11-25-18(22-13)23(3)4/h5-8,11H,9-10H2,1-4H3,(H2,19,20,21). The number of rotatable bonds is 5. The molecule has 25 heavy (non-hydrogen) atoms. The largest absolute Gasteiger partial charge is 0.459 e. The van der Waals surface area contributed by atoms with E-state index < -0.39 is 0 Å². The Kier molecular flexibility index (Phi) is 5.23. The molecule has 132 valence electrons. The molecule has 2 aromatic heterocycles. The van der Waals surface area contributed by atoms with Crippen LogP contribution in [0.3, 0.4) is 0 Å². The Bertz CT molecular complexity index is 881. The molecule has 2 N–H and O–H groups in total. The molecule has 2 heterocycles. The Morgan fingerprint density at radius 2 is 2.00 bits per heavy atom. The van der Waals surface area contributed by atoms with Crippen molar-refractivity contribution in [2.75, 3.05) is 26.0 Å². The van der Waals surface area contributed by atoms with Gasteiger partial charge in [0, 0.05) is 37.5 Å². The number of furan rings is 1. The Hall–Kier alpha value is -2.54. The highest BCUT2D eigenvalue weighted by atomic mass is 32.1. The molecule has 0 aliphatic heterocycles. The lowest BCUT2D eigenvalue weighted by atomic mass is 10.1. The van der Waals surface area contributed by atoms with Crippen LogP contribution >= 0.6 is 11.3 Å². The van der Waals surface area contributed by atoms with E-state index in [9.17, 15) is 0 Å². The summed E-state index contributed by atoms with van der Waals surface area (Å²) in [6.45, 7) is 3.29. The summed E-state index contributed by atoms with van der Waals surface area (Å²) in [5, 5.41) is 10.8. The van der Waals surface area contributed by atoms with Crippen LogP contribution in [0.25, 0.3) is 11.0 Å². The van der Waals surface area contributed by atoms with Crippen LogP contribution in [0.2, 0.25) is 0 Å². The minimum Gasteiger partial charge on any atom is -0.459 e. The lowest BCUT2D eigenvalue weighted by Crippen LogP contribution is -2.36. The zero-order valence-corrected chi connectivity index (χ0v) is 15.8. The smallest absolute Gasteiger partial charge is 0.191 e. The van der Waals surface area contributed by atoms with E-state index >= 15 is 0 Å².